The normalized spacial score (nSPS) is 19.0. The second-order valence-electron chi connectivity index (χ2n) is 6.07. The van der Waals surface area contributed by atoms with Gasteiger partial charge in [0, 0.05) is 29.6 Å². The van der Waals surface area contributed by atoms with Gasteiger partial charge in [0.25, 0.3) is 11.5 Å². The van der Waals surface area contributed by atoms with Crippen LogP contribution in [0.4, 0.5) is 5.69 Å². The van der Waals surface area contributed by atoms with E-state index in [0.29, 0.717) is 30.9 Å². The molecule has 4 N–H and O–H groups in total. The van der Waals surface area contributed by atoms with Gasteiger partial charge in [0.1, 0.15) is 11.9 Å². The first kappa shape index (κ1) is 20.1. The molecule has 1 aromatic heterocycles. The van der Waals surface area contributed by atoms with Crippen LogP contribution in [0.5, 0.6) is 0 Å². The Morgan fingerprint density at radius 3 is 2.88 bits per heavy atom. The van der Waals surface area contributed by atoms with Crippen molar-refractivity contribution in [2.75, 3.05) is 11.9 Å². The quantitative estimate of drug-likeness (QED) is 0.735. The minimum atomic E-state index is -0.474. The number of hydrogen-bond donors (Lipinski definition) is 3. The van der Waals surface area contributed by atoms with Gasteiger partial charge in [-0.25, -0.2) is 4.98 Å². The fraction of sp³-hybridized carbons (Fsp3) is 0.389. The summed E-state index contributed by atoms with van der Waals surface area (Å²) in [7, 11) is 0. The predicted octanol–water partition coefficient (Wildman–Crippen LogP) is 1.87. The minimum absolute atomic E-state index is 0. The van der Waals surface area contributed by atoms with E-state index in [-0.39, 0.29) is 30.0 Å². The number of nitrogens with zero attached hydrogens (tertiary/aromatic N) is 1. The van der Waals surface area contributed by atoms with Gasteiger partial charge in [-0.05, 0) is 31.4 Å². The Hall–Kier alpha value is -2.22. The van der Waals surface area contributed by atoms with Crippen LogP contribution < -0.4 is 16.6 Å². The zero-order valence-corrected chi connectivity index (χ0v) is 15.3. The molecule has 140 valence electrons. The zero-order valence-electron chi connectivity index (χ0n) is 14.5. The minimum Gasteiger partial charge on any atom is -0.364 e. The van der Waals surface area contributed by atoms with E-state index in [1.165, 1.54) is 6.07 Å². The molecule has 2 atom stereocenters. The summed E-state index contributed by atoms with van der Waals surface area (Å²) in [5.74, 6) is 0.303. The standard InChI is InChI=1S/C18H22N4O3.ClH/c1-2-12-9-16(23)22-17(20-12)11-4-3-5-13(8-11)21-18(24)15-7-6-14(10-19)25-15;/h3-5,8-9,14-15H,2,6-7,10,19H2,1H3,(H,21,24)(H,20,22,23);1H/t14-,15+;/m1./s1. The van der Waals surface area contributed by atoms with Gasteiger partial charge in [0.05, 0.1) is 6.10 Å². The Kier molecular flexibility index (Phi) is 6.90. The number of aryl methyl sites for hydroxylation is 1. The summed E-state index contributed by atoms with van der Waals surface area (Å²) in [6, 6.07) is 8.70. The molecule has 3 rings (SSSR count). The molecule has 1 fully saturated rings. The van der Waals surface area contributed by atoms with Crippen molar-refractivity contribution in [1.82, 2.24) is 9.97 Å². The van der Waals surface area contributed by atoms with Crippen LogP contribution in [-0.2, 0) is 16.0 Å². The van der Waals surface area contributed by atoms with Gasteiger partial charge in [0.2, 0.25) is 0 Å². The highest BCUT2D eigenvalue weighted by atomic mass is 35.5. The Morgan fingerprint density at radius 2 is 2.19 bits per heavy atom. The van der Waals surface area contributed by atoms with E-state index in [1.54, 1.807) is 12.1 Å². The van der Waals surface area contributed by atoms with E-state index in [9.17, 15) is 9.59 Å². The number of aromatic amines is 1. The second kappa shape index (κ2) is 8.93. The Labute approximate surface area is 157 Å². The summed E-state index contributed by atoms with van der Waals surface area (Å²) >= 11 is 0. The number of benzene rings is 1. The first-order valence-electron chi connectivity index (χ1n) is 8.46. The highest BCUT2D eigenvalue weighted by Crippen LogP contribution is 2.22. The van der Waals surface area contributed by atoms with Crippen molar-refractivity contribution < 1.29 is 9.53 Å². The molecule has 1 saturated heterocycles. The number of carbonyl (C=O) groups is 1. The maximum atomic E-state index is 12.3. The van der Waals surface area contributed by atoms with E-state index in [0.717, 1.165) is 17.7 Å². The van der Waals surface area contributed by atoms with Crippen LogP contribution in [-0.4, -0.2) is 34.6 Å². The van der Waals surface area contributed by atoms with Crippen molar-refractivity contribution in [2.45, 2.75) is 38.4 Å². The van der Waals surface area contributed by atoms with Crippen molar-refractivity contribution in [1.29, 1.82) is 0 Å². The Morgan fingerprint density at radius 1 is 1.38 bits per heavy atom. The van der Waals surface area contributed by atoms with E-state index in [4.69, 9.17) is 10.5 Å². The van der Waals surface area contributed by atoms with Crippen molar-refractivity contribution >= 4 is 24.0 Å². The largest absolute Gasteiger partial charge is 0.364 e. The van der Waals surface area contributed by atoms with Crippen LogP contribution in [0.15, 0.2) is 35.1 Å². The molecule has 2 aromatic rings. The van der Waals surface area contributed by atoms with Gasteiger partial charge >= 0.3 is 0 Å². The third-order valence-corrected chi connectivity index (χ3v) is 4.22. The smallest absolute Gasteiger partial charge is 0.253 e. The van der Waals surface area contributed by atoms with Crippen molar-refractivity contribution in [3.63, 3.8) is 0 Å². The third-order valence-electron chi connectivity index (χ3n) is 4.22. The van der Waals surface area contributed by atoms with Crippen molar-refractivity contribution in [3.05, 3.63) is 46.4 Å². The van der Waals surface area contributed by atoms with Gasteiger partial charge < -0.3 is 20.8 Å². The fourth-order valence-corrected chi connectivity index (χ4v) is 2.86. The van der Waals surface area contributed by atoms with E-state index in [2.05, 4.69) is 15.3 Å². The maximum Gasteiger partial charge on any atom is 0.253 e. The average Bonchev–Trinajstić information content (AvgIpc) is 3.11. The molecule has 1 amide bonds. The molecule has 8 heteroatoms. The Balaban J connectivity index is 0.00000243. The number of ether oxygens (including phenoxy) is 1. The van der Waals surface area contributed by atoms with Crippen molar-refractivity contribution in [3.8, 4) is 11.4 Å². The molecule has 1 aliphatic rings. The summed E-state index contributed by atoms with van der Waals surface area (Å²) in [6.07, 6.45) is 1.62. The number of H-pyrrole nitrogens is 1. The summed E-state index contributed by atoms with van der Waals surface area (Å²) < 4.78 is 5.61. The van der Waals surface area contributed by atoms with E-state index < -0.39 is 6.10 Å². The monoisotopic (exact) mass is 378 g/mol. The number of amides is 1. The molecule has 0 saturated carbocycles. The van der Waals surface area contributed by atoms with E-state index in [1.807, 2.05) is 19.1 Å². The first-order chi connectivity index (χ1) is 12.1. The molecule has 2 heterocycles. The molecule has 0 spiro atoms. The molecule has 0 radical (unpaired) electrons. The van der Waals surface area contributed by atoms with Crippen LogP contribution in [0.1, 0.15) is 25.5 Å². The molecule has 7 nitrogen and oxygen atoms in total. The predicted molar refractivity (Wildman–Crippen MR) is 102 cm³/mol. The molecular formula is C18H23ClN4O3. The number of anilines is 1. The maximum absolute atomic E-state index is 12.3. The topological polar surface area (TPSA) is 110 Å². The lowest BCUT2D eigenvalue weighted by Gasteiger charge is -2.13. The van der Waals surface area contributed by atoms with Gasteiger partial charge in [0.15, 0.2) is 0 Å². The number of aromatic nitrogens is 2. The van der Waals surface area contributed by atoms with E-state index >= 15 is 0 Å². The number of halogens is 1. The summed E-state index contributed by atoms with van der Waals surface area (Å²) in [5.41, 5.74) is 7.47. The number of hydrogen-bond acceptors (Lipinski definition) is 5. The lowest BCUT2D eigenvalue weighted by molar-refractivity contribution is -0.126. The number of nitrogens with one attached hydrogen (secondary N) is 2. The van der Waals surface area contributed by atoms with Crippen LogP contribution in [0.3, 0.4) is 0 Å². The van der Waals surface area contributed by atoms with Crippen LogP contribution >= 0.6 is 12.4 Å². The van der Waals surface area contributed by atoms with Crippen LogP contribution in [0, 0.1) is 0 Å². The molecule has 1 aliphatic heterocycles. The fourth-order valence-electron chi connectivity index (χ4n) is 2.86. The molecule has 0 unspecified atom stereocenters. The van der Waals surface area contributed by atoms with Gasteiger partial charge in [-0.2, -0.15) is 0 Å². The van der Waals surface area contributed by atoms with Crippen molar-refractivity contribution in [2.24, 2.45) is 5.73 Å². The second-order valence-corrected chi connectivity index (χ2v) is 6.07. The highest BCUT2D eigenvalue weighted by molar-refractivity contribution is 5.94. The number of nitrogens with two attached hydrogens (primary N) is 1. The molecular weight excluding hydrogens is 356 g/mol. The van der Waals surface area contributed by atoms with Gasteiger partial charge in [-0.3, -0.25) is 9.59 Å². The first-order valence-corrected chi connectivity index (χ1v) is 8.46. The molecule has 1 aromatic carbocycles. The average molecular weight is 379 g/mol. The zero-order chi connectivity index (χ0) is 17.8. The summed E-state index contributed by atoms with van der Waals surface area (Å²) in [6.45, 7) is 2.37. The van der Waals surface area contributed by atoms with Crippen LogP contribution in [0.2, 0.25) is 0 Å². The molecule has 0 aliphatic carbocycles. The highest BCUT2D eigenvalue weighted by Gasteiger charge is 2.29. The third kappa shape index (κ3) is 4.69. The SMILES string of the molecule is CCc1cc(=O)[nH]c(-c2cccc(NC(=O)[C@@H]3CC[C@H](CN)O3)c2)n1.Cl. The molecule has 0 bridgehead atoms. The summed E-state index contributed by atoms with van der Waals surface area (Å²) in [4.78, 5) is 31.2. The lowest BCUT2D eigenvalue weighted by Crippen LogP contribution is -2.29. The van der Waals surface area contributed by atoms with Gasteiger partial charge in [-0.15, -0.1) is 12.4 Å². The number of rotatable bonds is 5. The molecule has 26 heavy (non-hydrogen) atoms. The summed E-state index contributed by atoms with van der Waals surface area (Å²) in [5, 5.41) is 2.86. The van der Waals surface area contributed by atoms with Crippen LogP contribution in [0.25, 0.3) is 11.4 Å². The number of carbonyl (C=O) groups excluding carboxylic acids is 1. The Bertz CT molecular complexity index is 824. The van der Waals surface area contributed by atoms with Gasteiger partial charge in [-0.1, -0.05) is 19.1 Å². The lowest BCUT2D eigenvalue weighted by atomic mass is 10.1.